The minimum absolute atomic E-state index is 0.570. The lowest BCUT2D eigenvalue weighted by atomic mass is 10.0. The van der Waals surface area contributed by atoms with Crippen molar-refractivity contribution in [1.82, 2.24) is 19.5 Å². The molecular formula is C59H36N4O. The molecule has 5 heteroatoms. The Hall–Kier alpha value is -8.67. The van der Waals surface area contributed by atoms with E-state index in [0.717, 1.165) is 88.4 Å². The Labute approximate surface area is 368 Å². The predicted molar refractivity (Wildman–Crippen MR) is 264 cm³/mol. The first-order valence-electron chi connectivity index (χ1n) is 21.6. The first-order chi connectivity index (χ1) is 31.7. The number of hydrogen-bond acceptors (Lipinski definition) is 4. The number of rotatable bonds is 6. The van der Waals surface area contributed by atoms with Crippen molar-refractivity contribution in [3.8, 4) is 62.1 Å². The first kappa shape index (κ1) is 36.0. The Bertz CT molecular complexity index is 3860. The molecular weight excluding hydrogens is 781 g/mol. The van der Waals surface area contributed by atoms with E-state index >= 15 is 0 Å². The Morgan fingerprint density at radius 2 is 0.812 bits per heavy atom. The maximum atomic E-state index is 6.93. The van der Waals surface area contributed by atoms with Crippen LogP contribution in [0, 0.1) is 0 Å². The van der Waals surface area contributed by atoms with Crippen molar-refractivity contribution in [2.75, 3.05) is 0 Å². The van der Waals surface area contributed by atoms with Crippen LogP contribution in [-0.4, -0.2) is 19.5 Å². The number of furan rings is 1. The molecule has 13 aromatic rings. The zero-order chi connectivity index (χ0) is 42.1. The number of fused-ring (bicyclic) bond motifs is 9. The first-order valence-corrected chi connectivity index (χ1v) is 21.6. The highest BCUT2D eigenvalue weighted by molar-refractivity contribution is 6.22. The van der Waals surface area contributed by atoms with Crippen molar-refractivity contribution in [2.45, 2.75) is 0 Å². The Kier molecular flexibility index (Phi) is 8.15. The second kappa shape index (κ2) is 14.5. The molecule has 0 saturated carbocycles. The third-order valence-electron chi connectivity index (χ3n) is 12.6. The van der Waals surface area contributed by atoms with E-state index in [2.05, 4.69) is 211 Å². The highest BCUT2D eigenvalue weighted by atomic mass is 16.3. The van der Waals surface area contributed by atoms with E-state index in [-0.39, 0.29) is 0 Å². The molecule has 0 radical (unpaired) electrons. The van der Waals surface area contributed by atoms with Gasteiger partial charge in [0.2, 0.25) is 0 Å². The van der Waals surface area contributed by atoms with E-state index in [4.69, 9.17) is 19.4 Å². The van der Waals surface area contributed by atoms with Gasteiger partial charge in [-0.1, -0.05) is 170 Å². The molecule has 0 atom stereocenters. The predicted octanol–water partition coefficient (Wildman–Crippen LogP) is 15.5. The van der Waals surface area contributed by atoms with Crippen LogP contribution in [0.15, 0.2) is 223 Å². The fraction of sp³-hybridized carbons (Fsp3) is 0. The second-order valence-corrected chi connectivity index (χ2v) is 16.4. The van der Waals surface area contributed by atoms with Gasteiger partial charge in [0.25, 0.3) is 0 Å². The SMILES string of the molecule is c1ccc(-c2cccc(-c3nc(-c4cccc(-c5ccccc5)c4)nc(-c4ccc5c(c4)oc4cc(-n6c7ccccc7c7cc8ccccc8cc76)c6ccccc6c45)n3)c2)cc1. The molecule has 3 aromatic heterocycles. The summed E-state index contributed by atoms with van der Waals surface area (Å²) in [5.74, 6) is 1.77. The summed E-state index contributed by atoms with van der Waals surface area (Å²) in [6, 6.07) is 76.8. The number of para-hydroxylation sites is 1. The van der Waals surface area contributed by atoms with Crippen molar-refractivity contribution >= 4 is 65.3 Å². The molecule has 0 aliphatic heterocycles. The van der Waals surface area contributed by atoms with Crippen LogP contribution in [-0.2, 0) is 0 Å². The fourth-order valence-corrected chi connectivity index (χ4v) is 9.56. The van der Waals surface area contributed by atoms with Gasteiger partial charge in [0, 0.05) is 49.7 Å². The number of hydrogen-bond donors (Lipinski definition) is 0. The van der Waals surface area contributed by atoms with Gasteiger partial charge in [0.1, 0.15) is 11.2 Å². The van der Waals surface area contributed by atoms with Crippen LogP contribution in [0.25, 0.3) is 127 Å². The van der Waals surface area contributed by atoms with Gasteiger partial charge in [-0.2, -0.15) is 0 Å². The smallest absolute Gasteiger partial charge is 0.164 e. The van der Waals surface area contributed by atoms with Crippen molar-refractivity contribution < 1.29 is 4.42 Å². The van der Waals surface area contributed by atoms with Gasteiger partial charge in [-0.3, -0.25) is 0 Å². The summed E-state index contributed by atoms with van der Waals surface area (Å²) in [6.45, 7) is 0. The number of aromatic nitrogens is 4. The monoisotopic (exact) mass is 816 g/mol. The van der Waals surface area contributed by atoms with Crippen LogP contribution in [0.5, 0.6) is 0 Å². The molecule has 5 nitrogen and oxygen atoms in total. The molecule has 298 valence electrons. The van der Waals surface area contributed by atoms with Crippen LogP contribution in [0.2, 0.25) is 0 Å². The Morgan fingerprint density at radius 3 is 1.47 bits per heavy atom. The van der Waals surface area contributed by atoms with E-state index in [1.807, 2.05) is 12.1 Å². The summed E-state index contributed by atoms with van der Waals surface area (Å²) >= 11 is 0. The summed E-state index contributed by atoms with van der Waals surface area (Å²) in [5, 5.41) is 9.28. The van der Waals surface area contributed by atoms with Crippen molar-refractivity contribution in [3.63, 3.8) is 0 Å². The van der Waals surface area contributed by atoms with Gasteiger partial charge >= 0.3 is 0 Å². The van der Waals surface area contributed by atoms with E-state index in [1.165, 1.54) is 21.5 Å². The summed E-state index contributed by atoms with van der Waals surface area (Å²) in [7, 11) is 0. The van der Waals surface area contributed by atoms with Crippen LogP contribution in [0.3, 0.4) is 0 Å². The summed E-state index contributed by atoms with van der Waals surface area (Å²) < 4.78 is 9.34. The van der Waals surface area contributed by atoms with Crippen LogP contribution in [0.4, 0.5) is 0 Å². The minimum Gasteiger partial charge on any atom is -0.456 e. The lowest BCUT2D eigenvalue weighted by Gasteiger charge is -2.13. The molecule has 0 unspecified atom stereocenters. The maximum absolute atomic E-state index is 6.93. The standard InChI is InChI=1S/C59H36N4O/c1-3-15-37(16-4-1)39-21-13-23-43(31-39)57-60-58(44-24-14-22-40(32-44)38-17-5-2-6-18-38)62-59(61-57)45-29-30-49-54(35-45)64-55-36-53(46-25-9-10-27-48(46)56(49)55)63-51-28-12-11-26-47(51)50-33-41-19-7-8-20-42(41)34-52(50)63/h1-36H. The Morgan fingerprint density at radius 1 is 0.297 bits per heavy atom. The molecule has 13 rings (SSSR count). The highest BCUT2D eigenvalue weighted by Crippen LogP contribution is 2.42. The molecule has 0 aliphatic carbocycles. The lowest BCUT2D eigenvalue weighted by molar-refractivity contribution is 0.669. The number of nitrogens with zero attached hydrogens (tertiary/aromatic N) is 4. The highest BCUT2D eigenvalue weighted by Gasteiger charge is 2.21. The van der Waals surface area contributed by atoms with E-state index < -0.39 is 0 Å². The fourth-order valence-electron chi connectivity index (χ4n) is 9.56. The van der Waals surface area contributed by atoms with Crippen molar-refractivity contribution in [1.29, 1.82) is 0 Å². The molecule has 64 heavy (non-hydrogen) atoms. The topological polar surface area (TPSA) is 56.7 Å². The molecule has 0 spiro atoms. The van der Waals surface area contributed by atoms with Gasteiger partial charge in [-0.25, -0.2) is 15.0 Å². The Balaban J connectivity index is 1.00. The quantitative estimate of drug-likeness (QED) is 0.168. The van der Waals surface area contributed by atoms with Crippen LogP contribution >= 0.6 is 0 Å². The summed E-state index contributed by atoms with van der Waals surface area (Å²) in [4.78, 5) is 15.5. The van der Waals surface area contributed by atoms with Gasteiger partial charge in [-0.05, 0) is 80.9 Å². The van der Waals surface area contributed by atoms with Gasteiger partial charge in [0.05, 0.1) is 16.7 Å². The zero-order valence-corrected chi connectivity index (χ0v) is 34.5. The molecule has 0 saturated heterocycles. The maximum Gasteiger partial charge on any atom is 0.164 e. The molecule has 0 N–H and O–H groups in total. The van der Waals surface area contributed by atoms with E-state index in [1.54, 1.807) is 0 Å². The lowest BCUT2D eigenvalue weighted by Crippen LogP contribution is -2.00. The molecule has 10 aromatic carbocycles. The molecule has 0 fully saturated rings. The molecule has 0 amide bonds. The second-order valence-electron chi connectivity index (χ2n) is 16.4. The van der Waals surface area contributed by atoms with E-state index in [0.29, 0.717) is 17.5 Å². The van der Waals surface area contributed by atoms with Crippen LogP contribution in [0.1, 0.15) is 0 Å². The summed E-state index contributed by atoms with van der Waals surface area (Å²) in [6.07, 6.45) is 0. The third-order valence-corrected chi connectivity index (χ3v) is 12.6. The number of benzene rings is 10. The minimum atomic E-state index is 0.570. The normalized spacial score (nSPS) is 11.8. The zero-order valence-electron chi connectivity index (χ0n) is 34.5. The van der Waals surface area contributed by atoms with Crippen molar-refractivity contribution in [2.24, 2.45) is 0 Å². The molecule has 0 bridgehead atoms. The largest absolute Gasteiger partial charge is 0.456 e. The van der Waals surface area contributed by atoms with Gasteiger partial charge in [-0.15, -0.1) is 0 Å². The molecule has 3 heterocycles. The van der Waals surface area contributed by atoms with Gasteiger partial charge in [0.15, 0.2) is 17.5 Å². The average molecular weight is 817 g/mol. The van der Waals surface area contributed by atoms with Crippen molar-refractivity contribution in [3.05, 3.63) is 218 Å². The van der Waals surface area contributed by atoms with E-state index in [9.17, 15) is 0 Å². The summed E-state index contributed by atoms with van der Waals surface area (Å²) in [5.41, 5.74) is 12.1. The third kappa shape index (κ3) is 5.90. The van der Waals surface area contributed by atoms with Crippen LogP contribution < -0.4 is 0 Å². The average Bonchev–Trinajstić information content (AvgIpc) is 3.90. The van der Waals surface area contributed by atoms with Gasteiger partial charge < -0.3 is 8.98 Å². The molecule has 0 aliphatic rings.